The van der Waals surface area contributed by atoms with Crippen molar-refractivity contribution >= 4 is 55.1 Å². The van der Waals surface area contributed by atoms with E-state index in [-0.39, 0.29) is 0 Å². The summed E-state index contributed by atoms with van der Waals surface area (Å²) in [4.78, 5) is 0. The monoisotopic (exact) mass is 316 g/mol. The van der Waals surface area contributed by atoms with E-state index in [1.165, 1.54) is 0 Å². The quantitative estimate of drug-likeness (QED) is 0.522. The third kappa shape index (κ3) is 2.11. The number of halogens is 4. The van der Waals surface area contributed by atoms with Gasteiger partial charge in [-0.15, -0.1) is 0 Å². The van der Waals surface area contributed by atoms with Crippen LogP contribution in [0.1, 0.15) is 5.56 Å². The standard InChI is InChI=1S/C7H4Br2Cl2/c8-3-4-6(10)2-1-5(9)7(4)11/h1-2H,3H2. The summed E-state index contributed by atoms with van der Waals surface area (Å²) in [6.07, 6.45) is 0. The Morgan fingerprint density at radius 3 is 2.36 bits per heavy atom. The van der Waals surface area contributed by atoms with Gasteiger partial charge in [-0.3, -0.25) is 0 Å². The molecule has 60 valence electrons. The van der Waals surface area contributed by atoms with Gasteiger partial charge in [-0.2, -0.15) is 0 Å². The Morgan fingerprint density at radius 1 is 1.27 bits per heavy atom. The minimum Gasteiger partial charge on any atom is -0.0875 e. The second-order valence-electron chi connectivity index (χ2n) is 1.96. The largest absolute Gasteiger partial charge is 0.0875 e. The highest BCUT2D eigenvalue weighted by Crippen LogP contribution is 2.32. The SMILES string of the molecule is Clc1ccc(Br)c(Cl)c1CBr. The average molecular weight is 319 g/mol. The normalized spacial score (nSPS) is 10.2. The minimum atomic E-state index is 0.671. The Bertz CT molecular complexity index is 273. The maximum atomic E-state index is 5.94. The maximum Gasteiger partial charge on any atom is 0.0603 e. The molecule has 0 aliphatic carbocycles. The lowest BCUT2D eigenvalue weighted by molar-refractivity contribution is 1.42. The molecular weight excluding hydrogens is 315 g/mol. The molecule has 0 fully saturated rings. The molecule has 0 amide bonds. The van der Waals surface area contributed by atoms with Gasteiger partial charge in [0.2, 0.25) is 0 Å². The smallest absolute Gasteiger partial charge is 0.0603 e. The van der Waals surface area contributed by atoms with Gasteiger partial charge in [0.05, 0.1) is 5.02 Å². The molecule has 0 heterocycles. The van der Waals surface area contributed by atoms with Crippen molar-refractivity contribution in [3.63, 3.8) is 0 Å². The predicted molar refractivity (Wildman–Crippen MR) is 56.8 cm³/mol. The molecule has 0 unspecified atom stereocenters. The summed E-state index contributed by atoms with van der Waals surface area (Å²) in [6.45, 7) is 0. The van der Waals surface area contributed by atoms with E-state index in [0.29, 0.717) is 15.4 Å². The molecule has 0 saturated carbocycles. The van der Waals surface area contributed by atoms with Crippen LogP contribution in [0.3, 0.4) is 0 Å². The van der Waals surface area contributed by atoms with Crippen LogP contribution in [0.2, 0.25) is 10.0 Å². The van der Waals surface area contributed by atoms with E-state index >= 15 is 0 Å². The van der Waals surface area contributed by atoms with Gasteiger partial charge in [0.25, 0.3) is 0 Å². The molecule has 0 nitrogen and oxygen atoms in total. The summed E-state index contributed by atoms with van der Waals surface area (Å²) in [5, 5.41) is 2.04. The van der Waals surface area contributed by atoms with Crippen molar-refractivity contribution in [3.8, 4) is 0 Å². The van der Waals surface area contributed by atoms with Crippen molar-refractivity contribution < 1.29 is 0 Å². The fourth-order valence-electron chi connectivity index (χ4n) is 0.692. The van der Waals surface area contributed by atoms with Crippen molar-refractivity contribution in [1.82, 2.24) is 0 Å². The number of hydrogen-bond donors (Lipinski definition) is 0. The zero-order valence-electron chi connectivity index (χ0n) is 5.37. The first kappa shape index (κ1) is 9.85. The summed E-state index contributed by atoms with van der Waals surface area (Å²) in [5.41, 5.74) is 0.919. The summed E-state index contributed by atoms with van der Waals surface area (Å²) < 4.78 is 0.873. The van der Waals surface area contributed by atoms with Gasteiger partial charge in [0, 0.05) is 20.4 Å². The molecule has 4 heteroatoms. The fraction of sp³-hybridized carbons (Fsp3) is 0.143. The van der Waals surface area contributed by atoms with Gasteiger partial charge in [-0.05, 0) is 28.1 Å². The van der Waals surface area contributed by atoms with Crippen LogP contribution in [0, 0.1) is 0 Å². The molecule has 0 aliphatic rings. The van der Waals surface area contributed by atoms with E-state index in [4.69, 9.17) is 23.2 Å². The zero-order valence-corrected chi connectivity index (χ0v) is 10.1. The predicted octanol–water partition coefficient (Wildman–Crippen LogP) is 4.65. The Kier molecular flexibility index (Phi) is 3.69. The van der Waals surface area contributed by atoms with Crippen molar-refractivity contribution in [1.29, 1.82) is 0 Å². The molecule has 0 saturated heterocycles. The van der Waals surface area contributed by atoms with Crippen LogP contribution in [0.25, 0.3) is 0 Å². The molecule has 0 atom stereocenters. The first-order valence-corrected chi connectivity index (χ1v) is 5.52. The summed E-state index contributed by atoms with van der Waals surface area (Å²) >= 11 is 18.4. The first-order valence-electron chi connectivity index (χ1n) is 2.85. The van der Waals surface area contributed by atoms with Crippen molar-refractivity contribution in [3.05, 3.63) is 32.2 Å². The van der Waals surface area contributed by atoms with Crippen LogP contribution >= 0.6 is 55.1 Å². The van der Waals surface area contributed by atoms with Crippen LogP contribution in [0.15, 0.2) is 16.6 Å². The Hall–Kier alpha value is 0.760. The van der Waals surface area contributed by atoms with Crippen LogP contribution in [0.4, 0.5) is 0 Å². The lowest BCUT2D eigenvalue weighted by atomic mass is 10.2. The third-order valence-electron chi connectivity index (χ3n) is 1.27. The Balaban J connectivity index is 3.29. The summed E-state index contributed by atoms with van der Waals surface area (Å²) in [6, 6.07) is 3.64. The topological polar surface area (TPSA) is 0 Å². The number of hydrogen-bond acceptors (Lipinski definition) is 0. The van der Waals surface area contributed by atoms with Crippen molar-refractivity contribution in [2.45, 2.75) is 5.33 Å². The maximum absolute atomic E-state index is 5.94. The lowest BCUT2D eigenvalue weighted by Crippen LogP contribution is -1.82. The first-order chi connectivity index (χ1) is 5.16. The molecule has 0 N–H and O–H groups in total. The van der Waals surface area contributed by atoms with Gasteiger partial charge >= 0.3 is 0 Å². The van der Waals surface area contributed by atoms with Gasteiger partial charge in [0.1, 0.15) is 0 Å². The molecule has 1 aromatic rings. The van der Waals surface area contributed by atoms with Gasteiger partial charge in [-0.25, -0.2) is 0 Å². The Morgan fingerprint density at radius 2 is 1.91 bits per heavy atom. The van der Waals surface area contributed by atoms with Crippen LogP contribution in [0.5, 0.6) is 0 Å². The van der Waals surface area contributed by atoms with Crippen LogP contribution < -0.4 is 0 Å². The summed E-state index contributed by atoms with van der Waals surface area (Å²) in [5.74, 6) is 0. The zero-order chi connectivity index (χ0) is 8.43. The van der Waals surface area contributed by atoms with E-state index in [0.717, 1.165) is 10.0 Å². The molecule has 11 heavy (non-hydrogen) atoms. The minimum absolute atomic E-state index is 0.671. The van der Waals surface area contributed by atoms with Gasteiger partial charge in [-0.1, -0.05) is 39.1 Å². The highest BCUT2D eigenvalue weighted by atomic mass is 79.9. The molecule has 0 radical (unpaired) electrons. The highest BCUT2D eigenvalue weighted by Gasteiger charge is 2.06. The van der Waals surface area contributed by atoms with E-state index in [9.17, 15) is 0 Å². The van der Waals surface area contributed by atoms with Crippen molar-refractivity contribution in [2.24, 2.45) is 0 Å². The highest BCUT2D eigenvalue weighted by molar-refractivity contribution is 9.10. The second-order valence-corrected chi connectivity index (χ2v) is 4.16. The lowest BCUT2D eigenvalue weighted by Gasteiger charge is -2.03. The molecule has 0 aliphatic heterocycles. The van der Waals surface area contributed by atoms with E-state index in [1.807, 2.05) is 12.1 Å². The molecule has 0 bridgehead atoms. The summed E-state index contributed by atoms with van der Waals surface area (Å²) in [7, 11) is 0. The van der Waals surface area contributed by atoms with E-state index in [2.05, 4.69) is 31.9 Å². The third-order valence-corrected chi connectivity index (χ3v) is 3.51. The number of rotatable bonds is 1. The van der Waals surface area contributed by atoms with Gasteiger partial charge < -0.3 is 0 Å². The number of alkyl halides is 1. The van der Waals surface area contributed by atoms with Crippen molar-refractivity contribution in [2.75, 3.05) is 0 Å². The van der Waals surface area contributed by atoms with E-state index in [1.54, 1.807) is 0 Å². The Labute approximate surface area is 92.1 Å². The number of benzene rings is 1. The van der Waals surface area contributed by atoms with Crippen LogP contribution in [-0.2, 0) is 5.33 Å². The molecule has 1 aromatic carbocycles. The van der Waals surface area contributed by atoms with E-state index < -0.39 is 0 Å². The fourth-order valence-corrected chi connectivity index (χ4v) is 2.47. The van der Waals surface area contributed by atoms with Gasteiger partial charge in [0.15, 0.2) is 0 Å². The van der Waals surface area contributed by atoms with Crippen LogP contribution in [-0.4, -0.2) is 0 Å². The molecule has 1 rings (SSSR count). The molecule has 0 spiro atoms. The second kappa shape index (κ2) is 4.13. The average Bonchev–Trinajstić information content (AvgIpc) is 1.99. The molecular formula is C7H4Br2Cl2. The molecule has 0 aromatic heterocycles.